The molecule has 3 nitrogen and oxygen atoms in total. The largest absolute Gasteiger partial charge is 0.361 e. The van der Waals surface area contributed by atoms with Crippen LogP contribution in [0.2, 0.25) is 0 Å². The third-order valence-electron chi connectivity index (χ3n) is 5.18. The number of rotatable bonds is 5. The number of para-hydroxylation sites is 1. The zero-order valence-electron chi connectivity index (χ0n) is 14.2. The van der Waals surface area contributed by atoms with Crippen LogP contribution in [0, 0.1) is 5.92 Å². The quantitative estimate of drug-likeness (QED) is 0.865. The minimum Gasteiger partial charge on any atom is -0.361 e. The number of fused-ring (bicyclic) bond motifs is 1. The fourth-order valence-corrected chi connectivity index (χ4v) is 3.85. The number of hydrogen-bond acceptors (Lipinski definition) is 1. The van der Waals surface area contributed by atoms with Gasteiger partial charge in [0.15, 0.2) is 0 Å². The van der Waals surface area contributed by atoms with E-state index in [9.17, 15) is 4.79 Å². The molecule has 2 aromatic rings. The van der Waals surface area contributed by atoms with Crippen LogP contribution in [0.4, 0.5) is 0 Å². The van der Waals surface area contributed by atoms with Gasteiger partial charge in [-0.1, -0.05) is 38.0 Å². The van der Waals surface area contributed by atoms with Crippen LogP contribution in [0.1, 0.15) is 51.0 Å². The summed E-state index contributed by atoms with van der Waals surface area (Å²) in [7, 11) is 0. The molecule has 0 unspecified atom stereocenters. The highest BCUT2D eigenvalue weighted by Crippen LogP contribution is 2.23. The van der Waals surface area contributed by atoms with Gasteiger partial charge in [-0.3, -0.25) is 4.79 Å². The maximum absolute atomic E-state index is 12.6. The van der Waals surface area contributed by atoms with Crippen molar-refractivity contribution in [1.29, 1.82) is 0 Å². The third kappa shape index (κ3) is 3.95. The summed E-state index contributed by atoms with van der Waals surface area (Å²) >= 11 is 0. The molecule has 1 N–H and O–H groups in total. The van der Waals surface area contributed by atoms with Crippen LogP contribution in [0.15, 0.2) is 30.5 Å². The van der Waals surface area contributed by atoms with Gasteiger partial charge in [-0.2, -0.15) is 0 Å². The second-order valence-electron chi connectivity index (χ2n) is 6.83. The van der Waals surface area contributed by atoms with E-state index in [4.69, 9.17) is 0 Å². The molecule has 1 fully saturated rings. The van der Waals surface area contributed by atoms with Crippen molar-refractivity contribution in [3.63, 3.8) is 0 Å². The van der Waals surface area contributed by atoms with Gasteiger partial charge in [0.2, 0.25) is 5.91 Å². The lowest BCUT2D eigenvalue weighted by Crippen LogP contribution is -2.32. The number of likely N-dealkylation sites (tertiary alicyclic amines) is 1. The summed E-state index contributed by atoms with van der Waals surface area (Å²) in [6, 6.07) is 8.32. The van der Waals surface area contributed by atoms with Crippen molar-refractivity contribution in [2.24, 2.45) is 5.92 Å². The van der Waals surface area contributed by atoms with Gasteiger partial charge in [0.1, 0.15) is 0 Å². The van der Waals surface area contributed by atoms with E-state index in [1.807, 2.05) is 6.07 Å². The number of amides is 1. The van der Waals surface area contributed by atoms with Crippen molar-refractivity contribution in [3.05, 3.63) is 36.0 Å². The molecule has 0 radical (unpaired) electrons. The number of benzene rings is 1. The Morgan fingerprint density at radius 1 is 1.26 bits per heavy atom. The molecule has 23 heavy (non-hydrogen) atoms. The number of carbonyl (C=O) groups is 1. The van der Waals surface area contributed by atoms with E-state index >= 15 is 0 Å². The van der Waals surface area contributed by atoms with Gasteiger partial charge in [0.05, 0.1) is 0 Å². The molecule has 1 aliphatic heterocycles. The molecule has 0 saturated carbocycles. The van der Waals surface area contributed by atoms with Crippen molar-refractivity contribution in [2.45, 2.75) is 51.9 Å². The Hall–Kier alpha value is -1.77. The van der Waals surface area contributed by atoms with Crippen LogP contribution in [0.3, 0.4) is 0 Å². The highest BCUT2D eigenvalue weighted by atomic mass is 16.2. The lowest BCUT2D eigenvalue weighted by atomic mass is 9.96. The van der Waals surface area contributed by atoms with Crippen molar-refractivity contribution in [1.82, 2.24) is 9.88 Å². The normalized spacial score (nSPS) is 19.0. The minimum atomic E-state index is 0.326. The van der Waals surface area contributed by atoms with Crippen molar-refractivity contribution in [2.75, 3.05) is 13.1 Å². The third-order valence-corrected chi connectivity index (χ3v) is 5.18. The molecular weight excluding hydrogens is 284 g/mol. The molecule has 1 saturated heterocycles. The number of nitrogens with zero attached hydrogens (tertiary/aromatic N) is 1. The zero-order valence-corrected chi connectivity index (χ0v) is 14.2. The lowest BCUT2D eigenvalue weighted by Gasteiger charge is -2.20. The van der Waals surface area contributed by atoms with Crippen LogP contribution in [0.25, 0.3) is 10.9 Å². The summed E-state index contributed by atoms with van der Waals surface area (Å²) in [5, 5.41) is 1.25. The molecule has 3 heteroatoms. The number of aromatic nitrogens is 1. The Balaban J connectivity index is 1.55. The van der Waals surface area contributed by atoms with E-state index in [1.54, 1.807) is 0 Å². The Bertz CT molecular complexity index is 646. The fourth-order valence-electron chi connectivity index (χ4n) is 3.85. The van der Waals surface area contributed by atoms with Crippen LogP contribution in [-0.4, -0.2) is 28.9 Å². The molecule has 1 aromatic heterocycles. The smallest absolute Gasteiger partial charge is 0.222 e. The summed E-state index contributed by atoms with van der Waals surface area (Å²) < 4.78 is 0. The first-order chi connectivity index (χ1) is 11.3. The van der Waals surface area contributed by atoms with Gasteiger partial charge in [0.25, 0.3) is 0 Å². The van der Waals surface area contributed by atoms with E-state index in [2.05, 4.69) is 41.2 Å². The SMILES string of the molecule is CCC[C@@H]1CCCN(C(=O)CCc2c[nH]c3ccccc23)CC1. The number of H-pyrrole nitrogens is 1. The van der Waals surface area contributed by atoms with Gasteiger partial charge < -0.3 is 9.88 Å². The van der Waals surface area contributed by atoms with E-state index in [1.165, 1.54) is 43.1 Å². The van der Waals surface area contributed by atoms with Gasteiger partial charge in [0, 0.05) is 36.6 Å². The number of nitrogens with one attached hydrogen (secondary N) is 1. The Labute approximate surface area is 139 Å². The second kappa shape index (κ2) is 7.67. The molecular formula is C20H28N2O. The van der Waals surface area contributed by atoms with E-state index in [0.29, 0.717) is 12.3 Å². The summed E-state index contributed by atoms with van der Waals surface area (Å²) in [6.45, 7) is 4.17. The minimum absolute atomic E-state index is 0.326. The zero-order chi connectivity index (χ0) is 16.1. The molecule has 1 aliphatic rings. The first-order valence-corrected chi connectivity index (χ1v) is 9.10. The monoisotopic (exact) mass is 312 g/mol. The maximum Gasteiger partial charge on any atom is 0.222 e. The second-order valence-corrected chi connectivity index (χ2v) is 6.83. The average molecular weight is 312 g/mol. The Morgan fingerprint density at radius 2 is 2.13 bits per heavy atom. The number of aromatic amines is 1. The van der Waals surface area contributed by atoms with Crippen molar-refractivity contribution in [3.8, 4) is 0 Å². The summed E-state index contributed by atoms with van der Waals surface area (Å²) in [5.74, 6) is 1.15. The molecule has 1 atom stereocenters. The number of aryl methyl sites for hydroxylation is 1. The molecule has 124 valence electrons. The molecule has 0 aliphatic carbocycles. The van der Waals surface area contributed by atoms with Gasteiger partial charge >= 0.3 is 0 Å². The molecule has 1 amide bonds. The molecule has 0 spiro atoms. The van der Waals surface area contributed by atoms with E-state index in [-0.39, 0.29) is 0 Å². The molecule has 1 aromatic carbocycles. The van der Waals surface area contributed by atoms with Gasteiger partial charge in [-0.15, -0.1) is 0 Å². The van der Waals surface area contributed by atoms with Gasteiger partial charge in [-0.25, -0.2) is 0 Å². The maximum atomic E-state index is 12.6. The standard InChI is InChI=1S/C20H28N2O/c1-2-6-16-7-5-13-22(14-12-16)20(23)11-10-17-15-21-19-9-4-3-8-18(17)19/h3-4,8-9,15-16,21H,2,5-7,10-14H2,1H3/t16-/m1/s1. The van der Waals surface area contributed by atoms with E-state index < -0.39 is 0 Å². The molecule has 2 heterocycles. The highest BCUT2D eigenvalue weighted by molar-refractivity contribution is 5.84. The topological polar surface area (TPSA) is 36.1 Å². The summed E-state index contributed by atoms with van der Waals surface area (Å²) in [5.41, 5.74) is 2.42. The average Bonchev–Trinajstić information content (AvgIpc) is 2.83. The molecule has 3 rings (SSSR count). The van der Waals surface area contributed by atoms with Crippen LogP contribution in [0.5, 0.6) is 0 Å². The molecule has 0 bridgehead atoms. The number of carbonyl (C=O) groups excluding carboxylic acids is 1. The predicted molar refractivity (Wildman–Crippen MR) is 95.4 cm³/mol. The van der Waals surface area contributed by atoms with Crippen LogP contribution >= 0.6 is 0 Å². The Kier molecular flexibility index (Phi) is 5.37. The van der Waals surface area contributed by atoms with Gasteiger partial charge in [-0.05, 0) is 43.2 Å². The van der Waals surface area contributed by atoms with Crippen molar-refractivity contribution >= 4 is 16.8 Å². The fraction of sp³-hybridized carbons (Fsp3) is 0.550. The summed E-state index contributed by atoms with van der Waals surface area (Å²) in [4.78, 5) is 18.0. The Morgan fingerprint density at radius 3 is 3.00 bits per heavy atom. The number of hydrogen-bond donors (Lipinski definition) is 1. The summed E-state index contributed by atoms with van der Waals surface area (Å²) in [6.07, 6.45) is 9.74. The first kappa shape index (κ1) is 16.1. The predicted octanol–water partition coefficient (Wildman–Crippen LogP) is 4.53. The highest BCUT2D eigenvalue weighted by Gasteiger charge is 2.20. The van der Waals surface area contributed by atoms with Crippen LogP contribution in [-0.2, 0) is 11.2 Å². The lowest BCUT2D eigenvalue weighted by molar-refractivity contribution is -0.131. The van der Waals surface area contributed by atoms with Crippen LogP contribution < -0.4 is 0 Å². The van der Waals surface area contributed by atoms with Crippen molar-refractivity contribution < 1.29 is 4.79 Å². The van der Waals surface area contributed by atoms with E-state index in [0.717, 1.165) is 30.9 Å². The first-order valence-electron chi connectivity index (χ1n) is 9.10.